The largest absolute Gasteiger partial charge is 0.484 e. The normalized spacial score (nSPS) is 11.3. The van der Waals surface area contributed by atoms with Crippen LogP contribution in [0.2, 0.25) is 5.02 Å². The number of carbonyl (C=O) groups is 1. The van der Waals surface area contributed by atoms with Crippen LogP contribution in [0.15, 0.2) is 52.9 Å². The number of rotatable bonds is 7. The number of hydrogen-bond donors (Lipinski definition) is 1. The molecule has 11 heteroatoms. The van der Waals surface area contributed by atoms with Crippen LogP contribution in [0.5, 0.6) is 5.75 Å². The van der Waals surface area contributed by atoms with Gasteiger partial charge in [0.15, 0.2) is 10.9 Å². The number of alkyl halides is 3. The van der Waals surface area contributed by atoms with Gasteiger partial charge in [-0.3, -0.25) is 10.1 Å². The topological polar surface area (TPSA) is 64.1 Å². The number of nitrogens with zero attached hydrogens (tertiary/aromatic N) is 2. The number of benzene rings is 2. The molecule has 3 aromatic rings. The zero-order valence-corrected chi connectivity index (χ0v) is 17.0. The van der Waals surface area contributed by atoms with E-state index in [0.717, 1.165) is 29.2 Å². The average molecular weight is 460 g/mol. The molecule has 0 radical (unpaired) electrons. The van der Waals surface area contributed by atoms with E-state index < -0.39 is 17.6 Å². The molecule has 2 aromatic carbocycles. The minimum Gasteiger partial charge on any atom is -0.484 e. The third kappa shape index (κ3) is 6.34. The molecule has 1 amide bonds. The van der Waals surface area contributed by atoms with E-state index in [2.05, 4.69) is 15.5 Å². The summed E-state index contributed by atoms with van der Waals surface area (Å²) in [6.45, 7) is -0.233. The standard InChI is InChI=1S/C18H13ClF3N3O2S2/c19-12-5-7-13(8-6-12)27-9-15(26)23-16-24-25-17(29-16)28-10-11-3-1-2-4-14(11)18(20,21)22/h1-8H,9-10H2,(H,23,24,26). The summed E-state index contributed by atoms with van der Waals surface area (Å²) in [5.41, 5.74) is -0.521. The van der Waals surface area contributed by atoms with Gasteiger partial charge >= 0.3 is 6.18 Å². The van der Waals surface area contributed by atoms with E-state index in [0.29, 0.717) is 15.1 Å². The predicted molar refractivity (Wildman–Crippen MR) is 106 cm³/mol. The van der Waals surface area contributed by atoms with E-state index in [4.69, 9.17) is 16.3 Å². The molecule has 0 fully saturated rings. The summed E-state index contributed by atoms with van der Waals surface area (Å²) in [4.78, 5) is 11.9. The van der Waals surface area contributed by atoms with Gasteiger partial charge in [-0.2, -0.15) is 13.2 Å². The van der Waals surface area contributed by atoms with Crippen LogP contribution in [0, 0.1) is 0 Å². The molecule has 0 atom stereocenters. The van der Waals surface area contributed by atoms with Gasteiger partial charge in [-0.25, -0.2) is 0 Å². The Morgan fingerprint density at radius 1 is 1.14 bits per heavy atom. The Labute approximate surface area is 177 Å². The minimum absolute atomic E-state index is 0.0813. The van der Waals surface area contributed by atoms with Crippen LogP contribution in [-0.2, 0) is 16.7 Å². The van der Waals surface area contributed by atoms with Crippen molar-refractivity contribution in [3.63, 3.8) is 0 Å². The maximum atomic E-state index is 13.0. The third-order valence-electron chi connectivity index (χ3n) is 3.51. The number of anilines is 1. The van der Waals surface area contributed by atoms with Gasteiger partial charge in [-0.05, 0) is 35.9 Å². The van der Waals surface area contributed by atoms with Gasteiger partial charge in [0.05, 0.1) is 5.56 Å². The maximum absolute atomic E-state index is 13.0. The fourth-order valence-corrected chi connectivity index (χ4v) is 4.11. The number of amides is 1. The lowest BCUT2D eigenvalue weighted by atomic mass is 10.1. The molecular weight excluding hydrogens is 447 g/mol. The second-order valence-corrected chi connectivity index (χ2v) is 8.24. The lowest BCUT2D eigenvalue weighted by Gasteiger charge is -2.11. The Bertz CT molecular complexity index is 981. The summed E-state index contributed by atoms with van der Waals surface area (Å²) in [6, 6.07) is 11.9. The molecule has 1 N–H and O–H groups in total. The predicted octanol–water partition coefficient (Wildman–Crippen LogP) is 5.52. The second kappa shape index (κ2) is 9.47. The van der Waals surface area contributed by atoms with Crippen LogP contribution in [0.4, 0.5) is 18.3 Å². The molecule has 1 aromatic heterocycles. The number of hydrogen-bond acceptors (Lipinski definition) is 6. The molecule has 0 unspecified atom stereocenters. The first-order chi connectivity index (χ1) is 13.8. The number of carbonyl (C=O) groups excluding carboxylic acids is 1. The van der Waals surface area contributed by atoms with Crippen LogP contribution in [0.3, 0.4) is 0 Å². The first kappa shape index (κ1) is 21.4. The van der Waals surface area contributed by atoms with Gasteiger partial charge in [-0.15, -0.1) is 10.2 Å². The Morgan fingerprint density at radius 3 is 2.59 bits per heavy atom. The van der Waals surface area contributed by atoms with Crippen molar-refractivity contribution in [3.8, 4) is 5.75 Å². The van der Waals surface area contributed by atoms with E-state index in [-0.39, 0.29) is 23.1 Å². The number of thioether (sulfide) groups is 1. The molecule has 1 heterocycles. The Balaban J connectivity index is 1.52. The highest BCUT2D eigenvalue weighted by atomic mass is 35.5. The van der Waals surface area contributed by atoms with Crippen molar-refractivity contribution < 1.29 is 22.7 Å². The summed E-state index contributed by atoms with van der Waals surface area (Å²) in [5, 5.41) is 11.0. The Morgan fingerprint density at radius 2 is 1.86 bits per heavy atom. The van der Waals surface area contributed by atoms with E-state index >= 15 is 0 Å². The van der Waals surface area contributed by atoms with Crippen LogP contribution >= 0.6 is 34.7 Å². The summed E-state index contributed by atoms with van der Waals surface area (Å²) < 4.78 is 44.9. The molecule has 0 saturated carbocycles. The van der Waals surface area contributed by atoms with Gasteiger partial charge in [0, 0.05) is 10.8 Å². The molecule has 29 heavy (non-hydrogen) atoms. The van der Waals surface area contributed by atoms with Crippen molar-refractivity contribution >= 4 is 45.7 Å². The van der Waals surface area contributed by atoms with Crippen LogP contribution in [-0.4, -0.2) is 22.7 Å². The number of halogens is 4. The maximum Gasteiger partial charge on any atom is 0.416 e. The summed E-state index contributed by atoms with van der Waals surface area (Å²) in [6.07, 6.45) is -4.42. The summed E-state index contributed by atoms with van der Waals surface area (Å²) in [5.74, 6) is 0.134. The summed E-state index contributed by atoms with van der Waals surface area (Å²) >= 11 is 7.96. The minimum atomic E-state index is -4.42. The fraction of sp³-hybridized carbons (Fsp3) is 0.167. The SMILES string of the molecule is O=C(COc1ccc(Cl)cc1)Nc1nnc(SCc2ccccc2C(F)(F)F)s1. The molecule has 0 saturated heterocycles. The number of aromatic nitrogens is 2. The lowest BCUT2D eigenvalue weighted by molar-refractivity contribution is -0.138. The molecule has 152 valence electrons. The average Bonchev–Trinajstić information content (AvgIpc) is 3.13. The fourth-order valence-electron chi connectivity index (χ4n) is 2.22. The Kier molecular flexibility index (Phi) is 6.99. The molecule has 5 nitrogen and oxygen atoms in total. The van der Waals surface area contributed by atoms with Crippen LogP contribution in [0.1, 0.15) is 11.1 Å². The van der Waals surface area contributed by atoms with E-state index in [1.165, 1.54) is 12.1 Å². The summed E-state index contributed by atoms with van der Waals surface area (Å²) in [7, 11) is 0. The first-order valence-corrected chi connectivity index (χ1v) is 10.3. The van der Waals surface area contributed by atoms with Crippen molar-refractivity contribution in [1.82, 2.24) is 10.2 Å². The molecule has 0 aliphatic carbocycles. The van der Waals surface area contributed by atoms with Gasteiger partial charge in [0.25, 0.3) is 5.91 Å². The third-order valence-corrected chi connectivity index (χ3v) is 5.78. The first-order valence-electron chi connectivity index (χ1n) is 8.11. The van der Waals surface area contributed by atoms with Gasteiger partial charge in [0.1, 0.15) is 5.75 Å². The van der Waals surface area contributed by atoms with Crippen LogP contribution in [0.25, 0.3) is 0 Å². The van der Waals surface area contributed by atoms with Crippen LogP contribution < -0.4 is 10.1 Å². The zero-order chi connectivity index (χ0) is 20.9. The van der Waals surface area contributed by atoms with Crippen molar-refractivity contribution in [1.29, 1.82) is 0 Å². The highest BCUT2D eigenvalue weighted by molar-refractivity contribution is 8.00. The van der Waals surface area contributed by atoms with Crippen molar-refractivity contribution in [2.45, 2.75) is 16.3 Å². The highest BCUT2D eigenvalue weighted by Gasteiger charge is 2.32. The molecule has 0 spiro atoms. The zero-order valence-electron chi connectivity index (χ0n) is 14.6. The monoisotopic (exact) mass is 459 g/mol. The van der Waals surface area contributed by atoms with E-state index in [1.54, 1.807) is 30.3 Å². The van der Waals surface area contributed by atoms with E-state index in [9.17, 15) is 18.0 Å². The van der Waals surface area contributed by atoms with Gasteiger partial charge in [0.2, 0.25) is 5.13 Å². The van der Waals surface area contributed by atoms with Crippen molar-refractivity contribution in [2.24, 2.45) is 0 Å². The lowest BCUT2D eigenvalue weighted by Crippen LogP contribution is -2.20. The Hall–Kier alpha value is -2.30. The molecule has 0 aliphatic rings. The second-order valence-electron chi connectivity index (χ2n) is 5.61. The highest BCUT2D eigenvalue weighted by Crippen LogP contribution is 2.35. The molecule has 0 bridgehead atoms. The van der Waals surface area contributed by atoms with Gasteiger partial charge in [-0.1, -0.05) is 52.9 Å². The van der Waals surface area contributed by atoms with Crippen molar-refractivity contribution in [3.05, 3.63) is 64.7 Å². The number of ether oxygens (including phenoxy) is 1. The number of nitrogens with one attached hydrogen (secondary N) is 1. The van der Waals surface area contributed by atoms with Crippen molar-refractivity contribution in [2.75, 3.05) is 11.9 Å². The van der Waals surface area contributed by atoms with E-state index in [1.807, 2.05) is 0 Å². The van der Waals surface area contributed by atoms with Gasteiger partial charge < -0.3 is 4.74 Å². The quantitative estimate of drug-likeness (QED) is 0.372. The smallest absolute Gasteiger partial charge is 0.416 e. The molecule has 3 rings (SSSR count). The molecule has 0 aliphatic heterocycles. The molecular formula is C18H13ClF3N3O2S2.